The highest BCUT2D eigenvalue weighted by atomic mass is 19.4. The molecule has 0 saturated carbocycles. The number of alkyl halides is 3. The Morgan fingerprint density at radius 3 is 2.21 bits per heavy atom. The van der Waals surface area contributed by atoms with E-state index in [4.69, 9.17) is 14.2 Å². The first-order valence-electron chi connectivity index (χ1n) is 9.93. The lowest BCUT2D eigenvalue weighted by molar-refractivity contribution is -0.137. The first-order chi connectivity index (χ1) is 16.2. The van der Waals surface area contributed by atoms with Crippen LogP contribution in [0.2, 0.25) is 0 Å². The number of halogens is 3. The van der Waals surface area contributed by atoms with E-state index in [1.54, 1.807) is 18.2 Å². The highest BCUT2D eigenvalue weighted by Crippen LogP contribution is 2.31. The van der Waals surface area contributed by atoms with Crippen LogP contribution in [0.25, 0.3) is 0 Å². The average Bonchev–Trinajstić information content (AvgIpc) is 2.82. The van der Waals surface area contributed by atoms with E-state index in [0.717, 1.165) is 12.1 Å². The summed E-state index contributed by atoms with van der Waals surface area (Å²) < 4.78 is 54.3. The molecule has 2 amide bonds. The zero-order valence-electron chi connectivity index (χ0n) is 18.2. The van der Waals surface area contributed by atoms with Crippen LogP contribution in [-0.2, 0) is 11.0 Å². The Bertz CT molecular complexity index is 1160. The summed E-state index contributed by atoms with van der Waals surface area (Å²) >= 11 is 0. The lowest BCUT2D eigenvalue weighted by Gasteiger charge is -2.12. The summed E-state index contributed by atoms with van der Waals surface area (Å²) in [6.45, 7) is -0.309. The minimum Gasteiger partial charge on any atom is -0.497 e. The van der Waals surface area contributed by atoms with E-state index in [-0.39, 0.29) is 17.9 Å². The summed E-state index contributed by atoms with van der Waals surface area (Å²) in [5.41, 5.74) is -0.226. The van der Waals surface area contributed by atoms with Crippen molar-refractivity contribution in [1.29, 1.82) is 0 Å². The van der Waals surface area contributed by atoms with E-state index in [9.17, 15) is 22.8 Å². The van der Waals surface area contributed by atoms with Crippen LogP contribution < -0.4 is 24.8 Å². The second-order valence-corrected chi connectivity index (χ2v) is 6.96. The minimum absolute atomic E-state index is 0.0183. The molecule has 0 unspecified atom stereocenters. The monoisotopic (exact) mass is 474 g/mol. The van der Waals surface area contributed by atoms with Crippen molar-refractivity contribution >= 4 is 23.2 Å². The number of hydrogen-bond acceptors (Lipinski definition) is 5. The minimum atomic E-state index is -4.51. The van der Waals surface area contributed by atoms with Crippen molar-refractivity contribution in [3.63, 3.8) is 0 Å². The van der Waals surface area contributed by atoms with Gasteiger partial charge in [0.1, 0.15) is 17.2 Å². The molecule has 3 aromatic carbocycles. The van der Waals surface area contributed by atoms with E-state index in [1.165, 1.54) is 50.6 Å². The number of hydrogen-bond donors (Lipinski definition) is 2. The van der Waals surface area contributed by atoms with Crippen molar-refractivity contribution in [2.45, 2.75) is 6.18 Å². The molecule has 3 rings (SSSR count). The molecule has 2 N–H and O–H groups in total. The molecule has 0 aliphatic rings. The van der Waals surface area contributed by atoms with Crippen LogP contribution in [0.1, 0.15) is 15.9 Å². The number of ether oxygens (including phenoxy) is 3. The van der Waals surface area contributed by atoms with Crippen LogP contribution in [0.3, 0.4) is 0 Å². The number of methoxy groups -OCH3 is 2. The van der Waals surface area contributed by atoms with Crippen molar-refractivity contribution in [1.82, 2.24) is 0 Å². The fourth-order valence-corrected chi connectivity index (χ4v) is 2.93. The Morgan fingerprint density at radius 1 is 0.853 bits per heavy atom. The zero-order chi connectivity index (χ0) is 24.7. The maximum absolute atomic E-state index is 12.8. The van der Waals surface area contributed by atoms with Gasteiger partial charge >= 0.3 is 6.18 Å². The quantitative estimate of drug-likeness (QED) is 0.480. The molecular formula is C24H21F3N2O5. The summed E-state index contributed by atoms with van der Waals surface area (Å²) in [5.74, 6) is 0.274. The van der Waals surface area contributed by atoms with Crippen molar-refractivity contribution < 1.29 is 37.0 Å². The molecule has 178 valence electrons. The maximum atomic E-state index is 12.8. The Balaban J connectivity index is 1.57. The topological polar surface area (TPSA) is 85.9 Å². The summed E-state index contributed by atoms with van der Waals surface area (Å²) in [5, 5.41) is 5.09. The zero-order valence-corrected chi connectivity index (χ0v) is 18.2. The van der Waals surface area contributed by atoms with Crippen molar-refractivity contribution in [2.75, 3.05) is 31.5 Å². The second-order valence-electron chi connectivity index (χ2n) is 6.96. The van der Waals surface area contributed by atoms with Gasteiger partial charge in [0, 0.05) is 17.3 Å². The van der Waals surface area contributed by atoms with Gasteiger partial charge in [0.05, 0.1) is 25.5 Å². The van der Waals surface area contributed by atoms with Gasteiger partial charge in [0.2, 0.25) is 0 Å². The Hall–Kier alpha value is -4.21. The maximum Gasteiger partial charge on any atom is 0.416 e. The van der Waals surface area contributed by atoms with Gasteiger partial charge in [-0.05, 0) is 54.6 Å². The molecule has 0 aliphatic carbocycles. The highest BCUT2D eigenvalue weighted by Gasteiger charge is 2.30. The van der Waals surface area contributed by atoms with Crippen molar-refractivity contribution in [2.24, 2.45) is 0 Å². The number of carbonyl (C=O) groups excluding carboxylic acids is 2. The molecule has 0 radical (unpaired) electrons. The number of amides is 2. The fraction of sp³-hybridized carbons (Fsp3) is 0.167. The largest absolute Gasteiger partial charge is 0.497 e. The van der Waals surface area contributed by atoms with Gasteiger partial charge in [0.15, 0.2) is 6.61 Å². The van der Waals surface area contributed by atoms with E-state index >= 15 is 0 Å². The first-order valence-corrected chi connectivity index (χ1v) is 9.93. The van der Waals surface area contributed by atoms with Crippen LogP contribution in [0, 0.1) is 0 Å². The molecule has 0 heterocycles. The van der Waals surface area contributed by atoms with E-state index in [0.29, 0.717) is 22.9 Å². The third-order valence-corrected chi connectivity index (χ3v) is 4.61. The van der Waals surface area contributed by atoms with Gasteiger partial charge in [-0.2, -0.15) is 13.2 Å². The third-order valence-electron chi connectivity index (χ3n) is 4.61. The van der Waals surface area contributed by atoms with Gasteiger partial charge in [-0.25, -0.2) is 0 Å². The van der Waals surface area contributed by atoms with Crippen LogP contribution in [0.5, 0.6) is 17.2 Å². The predicted molar refractivity (Wildman–Crippen MR) is 120 cm³/mol. The third kappa shape index (κ3) is 6.41. The van der Waals surface area contributed by atoms with Gasteiger partial charge in [0.25, 0.3) is 11.8 Å². The van der Waals surface area contributed by atoms with Gasteiger partial charge in [-0.1, -0.05) is 6.07 Å². The molecule has 0 spiro atoms. The summed E-state index contributed by atoms with van der Waals surface area (Å²) in [6, 6.07) is 15.1. The molecule has 0 saturated heterocycles. The Labute approximate surface area is 193 Å². The average molecular weight is 474 g/mol. The number of benzene rings is 3. The summed E-state index contributed by atoms with van der Waals surface area (Å²) in [6.07, 6.45) is -4.51. The Morgan fingerprint density at radius 2 is 1.56 bits per heavy atom. The Kier molecular flexibility index (Phi) is 7.62. The number of anilines is 2. The molecule has 0 bridgehead atoms. The van der Waals surface area contributed by atoms with Crippen LogP contribution in [0.4, 0.5) is 24.5 Å². The fourth-order valence-electron chi connectivity index (χ4n) is 2.93. The highest BCUT2D eigenvalue weighted by molar-refractivity contribution is 6.04. The molecular weight excluding hydrogens is 453 g/mol. The lowest BCUT2D eigenvalue weighted by atomic mass is 10.1. The van der Waals surface area contributed by atoms with E-state index < -0.39 is 23.6 Å². The molecule has 7 nitrogen and oxygen atoms in total. The van der Waals surface area contributed by atoms with Gasteiger partial charge in [-0.3, -0.25) is 9.59 Å². The summed E-state index contributed by atoms with van der Waals surface area (Å²) in [4.78, 5) is 24.6. The molecule has 34 heavy (non-hydrogen) atoms. The van der Waals surface area contributed by atoms with Crippen LogP contribution in [0.15, 0.2) is 66.7 Å². The number of nitrogens with one attached hydrogen (secondary N) is 2. The first kappa shape index (κ1) is 24.4. The molecule has 3 aromatic rings. The SMILES string of the molecule is COc1ccc(OC)c(NC(=O)COc2ccc(C(=O)Nc3cccc(C(F)(F)F)c3)cc2)c1. The van der Waals surface area contributed by atoms with Gasteiger partial charge in [-0.15, -0.1) is 0 Å². The lowest BCUT2D eigenvalue weighted by Crippen LogP contribution is -2.20. The summed E-state index contributed by atoms with van der Waals surface area (Å²) in [7, 11) is 2.97. The predicted octanol–water partition coefficient (Wildman–Crippen LogP) is 4.99. The molecule has 0 aliphatic heterocycles. The standard InChI is InChI=1S/C24H21F3N2O5/c1-32-19-10-11-21(33-2)20(13-19)29-22(30)14-34-18-8-6-15(7-9-18)23(31)28-17-5-3-4-16(12-17)24(25,26)27/h3-13H,14H2,1-2H3,(H,28,31)(H,29,30). The van der Waals surface area contributed by atoms with Crippen molar-refractivity contribution in [3.05, 3.63) is 77.9 Å². The molecule has 0 fully saturated rings. The second kappa shape index (κ2) is 10.6. The number of carbonyl (C=O) groups is 2. The van der Waals surface area contributed by atoms with Crippen LogP contribution in [-0.4, -0.2) is 32.6 Å². The molecule has 10 heteroatoms. The van der Waals surface area contributed by atoms with Crippen molar-refractivity contribution in [3.8, 4) is 17.2 Å². The normalized spacial score (nSPS) is 10.9. The molecule has 0 atom stereocenters. The smallest absolute Gasteiger partial charge is 0.416 e. The number of rotatable bonds is 8. The molecule has 0 aromatic heterocycles. The van der Waals surface area contributed by atoms with E-state index in [2.05, 4.69) is 10.6 Å². The van der Waals surface area contributed by atoms with E-state index in [1.807, 2.05) is 0 Å². The van der Waals surface area contributed by atoms with Gasteiger partial charge < -0.3 is 24.8 Å². The van der Waals surface area contributed by atoms with Crippen LogP contribution >= 0.6 is 0 Å².